The van der Waals surface area contributed by atoms with E-state index in [1.165, 1.54) is 0 Å². The number of unbranched alkanes of at least 4 members (excludes halogenated alkanes) is 1. The Morgan fingerprint density at radius 1 is 1.22 bits per heavy atom. The molecule has 18 heavy (non-hydrogen) atoms. The van der Waals surface area contributed by atoms with Crippen LogP contribution in [0.1, 0.15) is 40.5 Å². The van der Waals surface area contributed by atoms with E-state index in [1.807, 2.05) is 6.92 Å². The molecule has 2 unspecified atom stereocenters. The molecule has 0 radical (unpaired) electrons. The highest BCUT2D eigenvalue weighted by molar-refractivity contribution is 5.81. The zero-order chi connectivity index (χ0) is 14.1. The van der Waals surface area contributed by atoms with Gasteiger partial charge in [-0.15, -0.1) is 0 Å². The molecule has 0 aliphatic carbocycles. The number of rotatable bonds is 9. The molecule has 0 aliphatic rings. The number of nitrogens with zero attached hydrogens (tertiary/aromatic N) is 1. The van der Waals surface area contributed by atoms with Crippen LogP contribution < -0.4 is 10.6 Å². The van der Waals surface area contributed by atoms with Crippen molar-refractivity contribution in [1.29, 1.82) is 0 Å². The summed E-state index contributed by atoms with van der Waals surface area (Å²) in [6, 6.07) is 0.209. The molecule has 0 heterocycles. The van der Waals surface area contributed by atoms with Gasteiger partial charge >= 0.3 is 0 Å². The molecule has 0 aromatic heterocycles. The predicted molar refractivity (Wildman–Crippen MR) is 77.7 cm³/mol. The van der Waals surface area contributed by atoms with Gasteiger partial charge in [0.1, 0.15) is 0 Å². The van der Waals surface area contributed by atoms with Gasteiger partial charge in [-0.05, 0) is 33.4 Å². The van der Waals surface area contributed by atoms with Crippen molar-refractivity contribution < 1.29 is 4.79 Å². The van der Waals surface area contributed by atoms with E-state index in [0.717, 1.165) is 25.9 Å². The van der Waals surface area contributed by atoms with E-state index in [1.54, 1.807) is 0 Å². The maximum absolute atomic E-state index is 11.9. The van der Waals surface area contributed by atoms with Gasteiger partial charge in [0.2, 0.25) is 5.91 Å². The molecule has 0 fully saturated rings. The Balaban J connectivity index is 4.14. The van der Waals surface area contributed by atoms with Gasteiger partial charge in [-0.3, -0.25) is 4.79 Å². The van der Waals surface area contributed by atoms with Crippen molar-refractivity contribution in [2.75, 3.05) is 27.2 Å². The van der Waals surface area contributed by atoms with Crippen molar-refractivity contribution >= 4 is 5.91 Å². The maximum Gasteiger partial charge on any atom is 0.236 e. The molecule has 0 aromatic carbocycles. The van der Waals surface area contributed by atoms with Crippen molar-refractivity contribution in [2.24, 2.45) is 5.92 Å². The highest BCUT2D eigenvalue weighted by Gasteiger charge is 2.20. The number of amides is 1. The van der Waals surface area contributed by atoms with E-state index in [9.17, 15) is 4.79 Å². The lowest BCUT2D eigenvalue weighted by molar-refractivity contribution is -0.123. The second-order valence-electron chi connectivity index (χ2n) is 5.65. The van der Waals surface area contributed by atoms with Crippen LogP contribution in [0.5, 0.6) is 0 Å². The minimum absolute atomic E-state index is 0.104. The van der Waals surface area contributed by atoms with Crippen LogP contribution in [0.25, 0.3) is 0 Å². The lowest BCUT2D eigenvalue weighted by atomic mass is 10.0. The van der Waals surface area contributed by atoms with Gasteiger partial charge in [0.25, 0.3) is 0 Å². The first-order valence-electron chi connectivity index (χ1n) is 7.07. The van der Waals surface area contributed by atoms with E-state index >= 15 is 0 Å². The smallest absolute Gasteiger partial charge is 0.236 e. The Kier molecular flexibility index (Phi) is 9.02. The molecule has 2 N–H and O–H groups in total. The molecule has 2 atom stereocenters. The topological polar surface area (TPSA) is 44.4 Å². The summed E-state index contributed by atoms with van der Waals surface area (Å²) in [5, 5.41) is 6.39. The van der Waals surface area contributed by atoms with Crippen LogP contribution in [-0.2, 0) is 4.79 Å². The molecule has 108 valence electrons. The Morgan fingerprint density at radius 3 is 2.28 bits per heavy atom. The zero-order valence-electron chi connectivity index (χ0n) is 12.9. The molecule has 0 bridgehead atoms. The van der Waals surface area contributed by atoms with Gasteiger partial charge in [-0.2, -0.15) is 0 Å². The molecule has 0 aromatic rings. The predicted octanol–water partition coefficient (Wildman–Crippen LogP) is 1.47. The first kappa shape index (κ1) is 17.4. The van der Waals surface area contributed by atoms with Gasteiger partial charge in [0.05, 0.1) is 6.04 Å². The van der Waals surface area contributed by atoms with Crippen LogP contribution in [0.15, 0.2) is 0 Å². The van der Waals surface area contributed by atoms with Crippen molar-refractivity contribution in [3.8, 4) is 0 Å². The minimum atomic E-state index is -0.130. The molecular weight excluding hydrogens is 226 g/mol. The number of hydrogen-bond donors (Lipinski definition) is 2. The average Bonchev–Trinajstić information content (AvgIpc) is 2.27. The summed E-state index contributed by atoms with van der Waals surface area (Å²) in [5.41, 5.74) is 0. The van der Waals surface area contributed by atoms with Crippen LogP contribution in [0.2, 0.25) is 0 Å². The lowest BCUT2D eigenvalue weighted by Crippen LogP contribution is -2.51. The normalized spacial score (nSPS) is 14.9. The molecule has 0 spiro atoms. The van der Waals surface area contributed by atoms with E-state index in [2.05, 4.69) is 50.4 Å². The van der Waals surface area contributed by atoms with Gasteiger partial charge in [0.15, 0.2) is 0 Å². The average molecular weight is 257 g/mol. The maximum atomic E-state index is 11.9. The molecule has 0 aliphatic heterocycles. The third kappa shape index (κ3) is 7.67. The van der Waals surface area contributed by atoms with Crippen LogP contribution in [0.4, 0.5) is 0 Å². The summed E-state index contributed by atoms with van der Waals surface area (Å²) < 4.78 is 0. The lowest BCUT2D eigenvalue weighted by Gasteiger charge is -2.28. The van der Waals surface area contributed by atoms with Crippen LogP contribution in [0.3, 0.4) is 0 Å². The summed E-state index contributed by atoms with van der Waals surface area (Å²) in [4.78, 5) is 14.0. The first-order valence-corrected chi connectivity index (χ1v) is 7.07. The van der Waals surface area contributed by atoms with E-state index in [4.69, 9.17) is 0 Å². The van der Waals surface area contributed by atoms with E-state index in [0.29, 0.717) is 12.0 Å². The molecule has 0 rings (SSSR count). The Bertz CT molecular complexity index is 229. The quantitative estimate of drug-likeness (QED) is 0.615. The van der Waals surface area contributed by atoms with E-state index in [-0.39, 0.29) is 11.9 Å². The summed E-state index contributed by atoms with van der Waals surface area (Å²) in [6.07, 6.45) is 2.15. The Labute approximate surface area is 113 Å². The standard InChI is InChI=1S/C14H31N3O/c1-7-8-9-15-14(18)12(4)16-13(11(2)3)10-17(5)6/h11-13,16H,7-10H2,1-6H3,(H,15,18). The fourth-order valence-corrected chi connectivity index (χ4v) is 1.79. The van der Waals surface area contributed by atoms with Crippen molar-refractivity contribution in [3.05, 3.63) is 0 Å². The number of carbonyl (C=O) groups is 1. The van der Waals surface area contributed by atoms with Crippen molar-refractivity contribution in [2.45, 2.75) is 52.6 Å². The molecule has 4 heteroatoms. The van der Waals surface area contributed by atoms with Gasteiger partial charge in [0, 0.05) is 19.1 Å². The fraction of sp³-hybridized carbons (Fsp3) is 0.929. The first-order chi connectivity index (χ1) is 8.38. The molecular formula is C14H31N3O. The van der Waals surface area contributed by atoms with Crippen LogP contribution >= 0.6 is 0 Å². The van der Waals surface area contributed by atoms with Crippen LogP contribution in [-0.4, -0.2) is 50.1 Å². The van der Waals surface area contributed by atoms with Crippen molar-refractivity contribution in [1.82, 2.24) is 15.5 Å². The number of hydrogen-bond acceptors (Lipinski definition) is 3. The summed E-state index contributed by atoms with van der Waals surface area (Å²) in [7, 11) is 4.12. The zero-order valence-corrected chi connectivity index (χ0v) is 12.9. The summed E-state index contributed by atoms with van der Waals surface area (Å²) in [5.74, 6) is 0.617. The molecule has 1 amide bonds. The van der Waals surface area contributed by atoms with E-state index < -0.39 is 0 Å². The fourth-order valence-electron chi connectivity index (χ4n) is 1.79. The molecule has 4 nitrogen and oxygen atoms in total. The highest BCUT2D eigenvalue weighted by atomic mass is 16.2. The van der Waals surface area contributed by atoms with Gasteiger partial charge in [-0.25, -0.2) is 0 Å². The molecule has 0 saturated carbocycles. The Hall–Kier alpha value is -0.610. The largest absolute Gasteiger partial charge is 0.355 e. The number of likely N-dealkylation sites (N-methyl/N-ethyl adjacent to an activating group) is 1. The third-order valence-corrected chi connectivity index (χ3v) is 3.05. The van der Waals surface area contributed by atoms with Gasteiger partial charge < -0.3 is 15.5 Å². The SMILES string of the molecule is CCCCNC(=O)C(C)NC(CN(C)C)C(C)C. The number of carbonyl (C=O) groups excluding carboxylic acids is 1. The molecule has 0 saturated heterocycles. The summed E-state index contributed by atoms with van der Waals surface area (Å²) in [6.45, 7) is 10.2. The minimum Gasteiger partial charge on any atom is -0.355 e. The van der Waals surface area contributed by atoms with Crippen molar-refractivity contribution in [3.63, 3.8) is 0 Å². The summed E-state index contributed by atoms with van der Waals surface area (Å²) >= 11 is 0. The monoisotopic (exact) mass is 257 g/mol. The second kappa shape index (κ2) is 9.34. The van der Waals surface area contributed by atoms with Gasteiger partial charge in [-0.1, -0.05) is 27.2 Å². The highest BCUT2D eigenvalue weighted by Crippen LogP contribution is 2.04. The van der Waals surface area contributed by atoms with Crippen LogP contribution in [0, 0.1) is 5.92 Å². The third-order valence-electron chi connectivity index (χ3n) is 3.05. The second-order valence-corrected chi connectivity index (χ2v) is 5.65. The Morgan fingerprint density at radius 2 is 1.83 bits per heavy atom. The number of nitrogens with one attached hydrogen (secondary N) is 2.